The van der Waals surface area contributed by atoms with Crippen molar-refractivity contribution in [2.24, 2.45) is 0 Å². The minimum atomic E-state index is -3.53. The van der Waals surface area contributed by atoms with Crippen molar-refractivity contribution in [1.82, 2.24) is 0 Å². The molecule has 0 aromatic heterocycles. The van der Waals surface area contributed by atoms with Crippen LogP contribution in [-0.4, -0.2) is 35.9 Å². The quantitative estimate of drug-likeness (QED) is 0.213. The molecular weight excluding hydrogens is 433 g/mol. The third-order valence-electron chi connectivity index (χ3n) is 4.23. The standard InChI is InChI=1S/C19H28NO6PS2/c1-5-24-17-13-16(14-9-11-15(12-10-14)20(21)22)18(19(29-17)28-8-4)27(23,25-6-2)26-7-3/h9-12,16-17H,5-8,13H2,1-4H3/t16-,17-/m1/s1. The number of non-ortho nitro benzene ring substituents is 1. The van der Waals surface area contributed by atoms with Crippen molar-refractivity contribution >= 4 is 36.8 Å². The molecule has 0 N–H and O–H groups in total. The van der Waals surface area contributed by atoms with Crippen LogP contribution in [0.3, 0.4) is 0 Å². The van der Waals surface area contributed by atoms with Crippen molar-refractivity contribution in [2.45, 2.75) is 45.5 Å². The molecule has 162 valence electrons. The summed E-state index contributed by atoms with van der Waals surface area (Å²) in [5, 5.41) is 11.7. The molecule has 2 rings (SSSR count). The lowest BCUT2D eigenvalue weighted by molar-refractivity contribution is -0.384. The predicted molar refractivity (Wildman–Crippen MR) is 119 cm³/mol. The van der Waals surface area contributed by atoms with Gasteiger partial charge in [-0.1, -0.05) is 30.8 Å². The van der Waals surface area contributed by atoms with Crippen molar-refractivity contribution in [2.75, 3.05) is 25.6 Å². The number of rotatable bonds is 11. The number of nitro groups is 1. The lowest BCUT2D eigenvalue weighted by Gasteiger charge is -2.35. The van der Waals surface area contributed by atoms with Gasteiger partial charge in [0.2, 0.25) is 0 Å². The molecule has 0 radical (unpaired) electrons. The lowest BCUT2D eigenvalue weighted by Crippen LogP contribution is -2.21. The molecule has 10 heteroatoms. The van der Waals surface area contributed by atoms with Crippen molar-refractivity contribution in [1.29, 1.82) is 0 Å². The minimum Gasteiger partial charge on any atom is -0.367 e. The Morgan fingerprint density at radius 1 is 1.14 bits per heavy atom. The van der Waals surface area contributed by atoms with E-state index in [4.69, 9.17) is 13.8 Å². The molecule has 0 bridgehead atoms. The number of ether oxygens (including phenoxy) is 1. The van der Waals surface area contributed by atoms with E-state index >= 15 is 0 Å². The molecule has 1 aromatic rings. The van der Waals surface area contributed by atoms with E-state index in [0.29, 0.717) is 18.3 Å². The molecule has 29 heavy (non-hydrogen) atoms. The normalized spacial score (nSPS) is 20.1. The molecule has 7 nitrogen and oxygen atoms in total. The fourth-order valence-electron chi connectivity index (χ4n) is 3.14. The average Bonchev–Trinajstić information content (AvgIpc) is 2.68. The van der Waals surface area contributed by atoms with Crippen LogP contribution in [0.2, 0.25) is 0 Å². The third-order valence-corrected chi connectivity index (χ3v) is 9.30. The van der Waals surface area contributed by atoms with Crippen LogP contribution in [-0.2, 0) is 18.3 Å². The molecule has 2 atom stereocenters. The first kappa shape index (κ1) is 24.4. The van der Waals surface area contributed by atoms with Crippen LogP contribution in [0.4, 0.5) is 5.69 Å². The van der Waals surface area contributed by atoms with Gasteiger partial charge in [0.05, 0.1) is 27.7 Å². The second kappa shape index (κ2) is 11.5. The number of hydrogen-bond acceptors (Lipinski definition) is 8. The van der Waals surface area contributed by atoms with E-state index in [2.05, 4.69) is 0 Å². The minimum absolute atomic E-state index is 0.0202. The Hall–Kier alpha value is -0.830. The molecule has 0 unspecified atom stereocenters. The van der Waals surface area contributed by atoms with Crippen LogP contribution in [0.5, 0.6) is 0 Å². The smallest absolute Gasteiger partial charge is 0.359 e. The van der Waals surface area contributed by atoms with Crippen LogP contribution in [0.15, 0.2) is 33.8 Å². The number of thioether (sulfide) groups is 2. The first-order valence-electron chi connectivity index (χ1n) is 9.69. The summed E-state index contributed by atoms with van der Waals surface area (Å²) in [7, 11) is -3.53. The summed E-state index contributed by atoms with van der Waals surface area (Å²) < 4.78 is 32.0. The topological polar surface area (TPSA) is 87.9 Å². The number of hydrogen-bond donors (Lipinski definition) is 0. The van der Waals surface area contributed by atoms with Gasteiger partial charge in [0.25, 0.3) is 5.69 Å². The number of nitro benzene ring substituents is 1. The Balaban J connectivity index is 2.61. The first-order valence-corrected chi connectivity index (χ1v) is 13.1. The van der Waals surface area contributed by atoms with E-state index in [1.807, 2.05) is 13.8 Å². The summed E-state index contributed by atoms with van der Waals surface area (Å²) in [6, 6.07) is 6.39. The molecule has 1 aliphatic heterocycles. The van der Waals surface area contributed by atoms with Crippen molar-refractivity contribution < 1.29 is 23.3 Å². The number of nitrogens with zero attached hydrogens (tertiary/aromatic N) is 1. The monoisotopic (exact) mass is 461 g/mol. The largest absolute Gasteiger partial charge is 0.367 e. The van der Waals surface area contributed by atoms with Gasteiger partial charge in [-0.15, -0.1) is 11.8 Å². The van der Waals surface area contributed by atoms with Crippen molar-refractivity contribution in [3.8, 4) is 0 Å². The van der Waals surface area contributed by atoms with Crippen molar-refractivity contribution in [3.05, 3.63) is 49.5 Å². The van der Waals surface area contributed by atoms with E-state index < -0.39 is 12.5 Å². The van der Waals surface area contributed by atoms with Crippen molar-refractivity contribution in [3.63, 3.8) is 0 Å². The summed E-state index contributed by atoms with van der Waals surface area (Å²) in [5.74, 6) is 0.530. The molecule has 1 aromatic carbocycles. The van der Waals surface area contributed by atoms with Gasteiger partial charge in [-0.2, -0.15) is 0 Å². The van der Waals surface area contributed by atoms with Crippen LogP contribution in [0, 0.1) is 10.1 Å². The maximum absolute atomic E-state index is 13.8. The number of allylic oxidation sites excluding steroid dienone is 1. The highest BCUT2D eigenvalue weighted by atomic mass is 32.2. The van der Waals surface area contributed by atoms with E-state index in [1.165, 1.54) is 12.1 Å². The van der Waals surface area contributed by atoms with E-state index in [9.17, 15) is 14.7 Å². The number of benzene rings is 1. The van der Waals surface area contributed by atoms with Crippen LogP contribution in [0.1, 0.15) is 45.6 Å². The zero-order valence-corrected chi connectivity index (χ0v) is 19.7. The molecule has 1 aliphatic rings. The molecular formula is C19H28NO6PS2. The Kier molecular flexibility index (Phi) is 9.72. The highest BCUT2D eigenvalue weighted by molar-refractivity contribution is 8.22. The highest BCUT2D eigenvalue weighted by Gasteiger charge is 2.43. The van der Waals surface area contributed by atoms with Gasteiger partial charge < -0.3 is 13.8 Å². The lowest BCUT2D eigenvalue weighted by atomic mass is 9.95. The second-order valence-corrected chi connectivity index (χ2v) is 10.8. The predicted octanol–water partition coefficient (Wildman–Crippen LogP) is 6.37. The maximum atomic E-state index is 13.8. The molecule has 0 amide bonds. The summed E-state index contributed by atoms with van der Waals surface area (Å²) in [6.07, 6.45) is 0.587. The molecule has 0 fully saturated rings. The summed E-state index contributed by atoms with van der Waals surface area (Å²) in [4.78, 5) is 10.6. The van der Waals surface area contributed by atoms with Crippen LogP contribution >= 0.6 is 31.1 Å². The van der Waals surface area contributed by atoms with E-state index in [-0.39, 0.29) is 30.3 Å². The molecule has 0 saturated carbocycles. The van der Waals surface area contributed by atoms with E-state index in [0.717, 1.165) is 15.6 Å². The summed E-state index contributed by atoms with van der Waals surface area (Å²) >= 11 is 3.15. The Labute approximate surface area is 180 Å². The van der Waals surface area contributed by atoms with Gasteiger partial charge in [-0.3, -0.25) is 14.7 Å². The summed E-state index contributed by atoms with van der Waals surface area (Å²) in [6.45, 7) is 8.65. The zero-order chi connectivity index (χ0) is 21.4. The van der Waals surface area contributed by atoms with Gasteiger partial charge in [-0.05, 0) is 38.5 Å². The molecule has 0 spiro atoms. The molecule has 0 aliphatic carbocycles. The average molecular weight is 462 g/mol. The Morgan fingerprint density at radius 3 is 2.24 bits per heavy atom. The summed E-state index contributed by atoms with van der Waals surface area (Å²) in [5.41, 5.74) is 0.755. The second-order valence-electron chi connectivity index (χ2n) is 6.08. The van der Waals surface area contributed by atoms with Gasteiger partial charge in [0.15, 0.2) is 0 Å². The van der Waals surface area contributed by atoms with Gasteiger partial charge >= 0.3 is 7.60 Å². The fourth-order valence-corrected chi connectivity index (χ4v) is 8.55. The zero-order valence-electron chi connectivity index (χ0n) is 17.2. The van der Waals surface area contributed by atoms with Crippen LogP contribution < -0.4 is 0 Å². The first-order chi connectivity index (χ1) is 13.9. The Bertz CT molecular complexity index is 760. The maximum Gasteiger partial charge on any atom is 0.359 e. The molecule has 0 saturated heterocycles. The third kappa shape index (κ3) is 6.09. The fraction of sp³-hybridized carbons (Fsp3) is 0.579. The van der Waals surface area contributed by atoms with Gasteiger partial charge in [0, 0.05) is 24.7 Å². The Morgan fingerprint density at radius 2 is 1.76 bits per heavy atom. The SMILES string of the molecule is CCO[C@H]1C[C@H](c2ccc([N+](=O)[O-])cc2)C(P(=O)(OCC)OCC)=C(SCC)S1. The van der Waals surface area contributed by atoms with Gasteiger partial charge in [-0.25, -0.2) is 0 Å². The van der Waals surface area contributed by atoms with Gasteiger partial charge in [0.1, 0.15) is 5.44 Å². The van der Waals surface area contributed by atoms with E-state index in [1.54, 1.807) is 49.5 Å². The molecule has 1 heterocycles. The van der Waals surface area contributed by atoms with Crippen LogP contribution in [0.25, 0.3) is 0 Å². The highest BCUT2D eigenvalue weighted by Crippen LogP contribution is 2.67.